The van der Waals surface area contributed by atoms with E-state index < -0.39 is 0 Å². The highest BCUT2D eigenvalue weighted by atomic mass is 35.5. The number of para-hydroxylation sites is 1. The molecule has 0 atom stereocenters. The lowest BCUT2D eigenvalue weighted by Crippen LogP contribution is -2.11. The van der Waals surface area contributed by atoms with E-state index in [1.165, 1.54) is 11.1 Å². The van der Waals surface area contributed by atoms with Gasteiger partial charge in [-0.05, 0) is 28.7 Å². The van der Waals surface area contributed by atoms with Crippen LogP contribution in [0, 0.1) is 0 Å². The Balaban J connectivity index is 2.08. The summed E-state index contributed by atoms with van der Waals surface area (Å²) in [5.41, 5.74) is 3.50. The molecule has 3 heteroatoms. The first-order valence-electron chi connectivity index (χ1n) is 6.65. The molecule has 1 nitrogen and oxygen atoms in total. The third-order valence-corrected chi connectivity index (χ3v) is 3.88. The quantitative estimate of drug-likeness (QED) is 0.744. The molecule has 0 aromatic heterocycles. The lowest BCUT2D eigenvalue weighted by atomic mass is 9.87. The van der Waals surface area contributed by atoms with Gasteiger partial charge in [0.1, 0.15) is 0 Å². The molecule has 0 amide bonds. The molecule has 0 aliphatic carbocycles. The number of benzene rings is 2. The number of rotatable bonds is 3. The van der Waals surface area contributed by atoms with E-state index in [0.717, 1.165) is 5.69 Å². The highest BCUT2D eigenvalue weighted by Crippen LogP contribution is 2.30. The molecular formula is C17H19Cl2N. The van der Waals surface area contributed by atoms with Crippen molar-refractivity contribution in [1.29, 1.82) is 0 Å². The zero-order valence-corrected chi connectivity index (χ0v) is 13.5. The van der Waals surface area contributed by atoms with Gasteiger partial charge in [-0.1, -0.05) is 74.3 Å². The Kier molecular flexibility index (Phi) is 4.62. The third kappa shape index (κ3) is 3.68. The van der Waals surface area contributed by atoms with E-state index >= 15 is 0 Å². The third-order valence-electron chi connectivity index (χ3n) is 3.25. The van der Waals surface area contributed by atoms with E-state index in [0.29, 0.717) is 16.6 Å². The topological polar surface area (TPSA) is 12.0 Å². The summed E-state index contributed by atoms with van der Waals surface area (Å²) >= 11 is 12.3. The van der Waals surface area contributed by atoms with Gasteiger partial charge in [-0.2, -0.15) is 0 Å². The van der Waals surface area contributed by atoms with Crippen LogP contribution < -0.4 is 5.32 Å². The second-order valence-corrected chi connectivity index (χ2v) is 6.71. The Bertz CT molecular complexity index is 563. The fraction of sp³-hybridized carbons (Fsp3) is 0.294. The van der Waals surface area contributed by atoms with Gasteiger partial charge in [0.2, 0.25) is 0 Å². The fourth-order valence-electron chi connectivity index (χ4n) is 1.98. The molecule has 0 radical (unpaired) electrons. The monoisotopic (exact) mass is 307 g/mol. The lowest BCUT2D eigenvalue weighted by molar-refractivity contribution is 0.590. The van der Waals surface area contributed by atoms with Crippen LogP contribution in [0.15, 0.2) is 42.5 Å². The minimum absolute atomic E-state index is 0.179. The highest BCUT2D eigenvalue weighted by Gasteiger charge is 2.12. The summed E-state index contributed by atoms with van der Waals surface area (Å²) in [5.74, 6) is 0. The van der Waals surface area contributed by atoms with Crippen molar-refractivity contribution in [3.05, 3.63) is 63.6 Å². The van der Waals surface area contributed by atoms with Gasteiger partial charge < -0.3 is 5.32 Å². The first kappa shape index (κ1) is 15.2. The van der Waals surface area contributed by atoms with Gasteiger partial charge in [0.05, 0.1) is 15.7 Å². The Hall–Kier alpha value is -1.18. The standard InChI is InChI=1S/C17H19Cl2N/c1-17(2,3)13-9-7-12(8-10-13)11-20-16-14(18)5-4-6-15(16)19/h4-10,20H,11H2,1-3H3. The average Bonchev–Trinajstić information content (AvgIpc) is 2.37. The molecule has 1 N–H and O–H groups in total. The molecule has 2 aromatic carbocycles. The fourth-order valence-corrected chi connectivity index (χ4v) is 2.51. The lowest BCUT2D eigenvalue weighted by Gasteiger charge is -2.19. The van der Waals surface area contributed by atoms with Gasteiger partial charge in [0.15, 0.2) is 0 Å². The van der Waals surface area contributed by atoms with Crippen molar-refractivity contribution in [2.75, 3.05) is 5.32 Å². The van der Waals surface area contributed by atoms with Crippen LogP contribution >= 0.6 is 23.2 Å². The first-order valence-corrected chi connectivity index (χ1v) is 7.41. The number of hydrogen-bond acceptors (Lipinski definition) is 1. The van der Waals surface area contributed by atoms with Gasteiger partial charge in [-0.25, -0.2) is 0 Å². The maximum absolute atomic E-state index is 6.13. The Morgan fingerprint density at radius 2 is 1.45 bits per heavy atom. The molecule has 0 saturated carbocycles. The smallest absolute Gasteiger partial charge is 0.0721 e. The van der Waals surface area contributed by atoms with E-state index in [4.69, 9.17) is 23.2 Å². The van der Waals surface area contributed by atoms with E-state index in [1.54, 1.807) is 0 Å². The summed E-state index contributed by atoms with van der Waals surface area (Å²) in [4.78, 5) is 0. The van der Waals surface area contributed by atoms with Gasteiger partial charge in [-0.3, -0.25) is 0 Å². The molecule has 0 saturated heterocycles. The van der Waals surface area contributed by atoms with Crippen LogP contribution in [0.1, 0.15) is 31.9 Å². The van der Waals surface area contributed by atoms with Gasteiger partial charge in [-0.15, -0.1) is 0 Å². The van der Waals surface area contributed by atoms with E-state index in [2.05, 4.69) is 50.4 Å². The summed E-state index contributed by atoms with van der Waals surface area (Å²) in [6, 6.07) is 14.1. The minimum Gasteiger partial charge on any atom is -0.379 e. The van der Waals surface area contributed by atoms with Crippen LogP contribution in [-0.4, -0.2) is 0 Å². The van der Waals surface area contributed by atoms with E-state index in [9.17, 15) is 0 Å². The Labute approximate surface area is 130 Å². The van der Waals surface area contributed by atoms with E-state index in [-0.39, 0.29) is 5.41 Å². The van der Waals surface area contributed by atoms with Crippen LogP contribution in [0.5, 0.6) is 0 Å². The normalized spacial score (nSPS) is 11.4. The number of hydrogen-bond donors (Lipinski definition) is 1. The molecule has 106 valence electrons. The molecule has 0 heterocycles. The zero-order valence-electron chi connectivity index (χ0n) is 12.0. The summed E-state index contributed by atoms with van der Waals surface area (Å²) in [6.45, 7) is 7.34. The van der Waals surface area contributed by atoms with Crippen molar-refractivity contribution in [3.63, 3.8) is 0 Å². The summed E-state index contributed by atoms with van der Waals surface area (Å²) in [7, 11) is 0. The minimum atomic E-state index is 0.179. The van der Waals surface area contributed by atoms with Crippen LogP contribution in [0.25, 0.3) is 0 Å². The molecule has 20 heavy (non-hydrogen) atoms. The van der Waals surface area contributed by atoms with Crippen molar-refractivity contribution >= 4 is 28.9 Å². The van der Waals surface area contributed by atoms with Crippen LogP contribution in [-0.2, 0) is 12.0 Å². The number of nitrogens with one attached hydrogen (secondary N) is 1. The zero-order chi connectivity index (χ0) is 14.8. The highest BCUT2D eigenvalue weighted by molar-refractivity contribution is 6.39. The molecule has 0 unspecified atom stereocenters. The summed E-state index contributed by atoms with van der Waals surface area (Å²) in [6.07, 6.45) is 0. The van der Waals surface area contributed by atoms with Gasteiger partial charge in [0.25, 0.3) is 0 Å². The second kappa shape index (κ2) is 6.07. The van der Waals surface area contributed by atoms with Crippen LogP contribution in [0.3, 0.4) is 0 Å². The van der Waals surface area contributed by atoms with Gasteiger partial charge >= 0.3 is 0 Å². The molecule has 0 aliphatic heterocycles. The number of halogens is 2. The average molecular weight is 308 g/mol. The maximum atomic E-state index is 6.13. The van der Waals surface area contributed by atoms with Crippen molar-refractivity contribution in [1.82, 2.24) is 0 Å². The van der Waals surface area contributed by atoms with Crippen LogP contribution in [0.4, 0.5) is 5.69 Å². The van der Waals surface area contributed by atoms with Gasteiger partial charge in [0, 0.05) is 6.54 Å². The van der Waals surface area contributed by atoms with E-state index in [1.807, 2.05) is 18.2 Å². The molecular weight excluding hydrogens is 289 g/mol. The number of anilines is 1. The first-order chi connectivity index (χ1) is 9.38. The van der Waals surface area contributed by atoms with Crippen molar-refractivity contribution in [3.8, 4) is 0 Å². The predicted molar refractivity (Wildman–Crippen MR) is 88.9 cm³/mol. The summed E-state index contributed by atoms with van der Waals surface area (Å²) in [5, 5.41) is 4.58. The molecule has 0 fully saturated rings. The molecule has 0 spiro atoms. The van der Waals surface area contributed by atoms with Crippen molar-refractivity contribution in [2.45, 2.75) is 32.7 Å². The Morgan fingerprint density at radius 1 is 0.900 bits per heavy atom. The summed E-state index contributed by atoms with van der Waals surface area (Å²) < 4.78 is 0. The predicted octanol–water partition coefficient (Wildman–Crippen LogP) is 5.90. The van der Waals surface area contributed by atoms with Crippen molar-refractivity contribution < 1.29 is 0 Å². The van der Waals surface area contributed by atoms with Crippen LogP contribution in [0.2, 0.25) is 10.0 Å². The molecule has 0 bridgehead atoms. The largest absolute Gasteiger partial charge is 0.379 e. The molecule has 2 aromatic rings. The molecule has 0 aliphatic rings. The maximum Gasteiger partial charge on any atom is 0.0721 e. The van der Waals surface area contributed by atoms with Crippen molar-refractivity contribution in [2.24, 2.45) is 0 Å². The second-order valence-electron chi connectivity index (χ2n) is 5.90. The Morgan fingerprint density at radius 3 is 1.95 bits per heavy atom. The molecule has 2 rings (SSSR count). The SMILES string of the molecule is CC(C)(C)c1ccc(CNc2c(Cl)cccc2Cl)cc1.